The summed E-state index contributed by atoms with van der Waals surface area (Å²) >= 11 is 3.98. The lowest BCUT2D eigenvalue weighted by Gasteiger charge is -2.21. The third-order valence-electron chi connectivity index (χ3n) is 1.14. The van der Waals surface area contributed by atoms with E-state index in [4.69, 9.17) is 0 Å². The van der Waals surface area contributed by atoms with E-state index in [-0.39, 0.29) is 0 Å². The van der Waals surface area contributed by atoms with Gasteiger partial charge in [-0.05, 0) is 18.8 Å². The van der Waals surface area contributed by atoms with E-state index in [0.717, 1.165) is 6.42 Å². The molecule has 1 nitrogen and oxygen atoms in total. The third-order valence-corrected chi connectivity index (χ3v) is 1.58. The Labute approximate surface area is 63.8 Å². The van der Waals surface area contributed by atoms with Crippen molar-refractivity contribution in [2.24, 2.45) is 5.41 Å². The molecule has 0 rings (SSSR count). The van der Waals surface area contributed by atoms with Crippen LogP contribution in [0.3, 0.4) is 0 Å². The minimum atomic E-state index is 0.412. The summed E-state index contributed by atoms with van der Waals surface area (Å²) in [5.74, 6) is 0. The SMILES string of the molecule is CC(CC(C)(C)C)NS. The van der Waals surface area contributed by atoms with E-state index in [1.807, 2.05) is 0 Å². The molecular weight excluding hydrogens is 130 g/mol. The summed E-state index contributed by atoms with van der Waals surface area (Å²) in [6, 6.07) is 0.508. The molecule has 0 bridgehead atoms. The Kier molecular flexibility index (Phi) is 3.59. The molecular formula is C7H17NS. The molecule has 1 N–H and O–H groups in total. The second-order valence-corrected chi connectivity index (χ2v) is 4.05. The molecule has 0 aliphatic heterocycles. The van der Waals surface area contributed by atoms with Crippen molar-refractivity contribution < 1.29 is 0 Å². The molecule has 0 aromatic rings. The summed E-state index contributed by atoms with van der Waals surface area (Å²) in [5.41, 5.74) is 0.412. The van der Waals surface area contributed by atoms with Crippen molar-refractivity contribution in [3.05, 3.63) is 0 Å². The van der Waals surface area contributed by atoms with Crippen LogP contribution in [0.1, 0.15) is 34.1 Å². The summed E-state index contributed by atoms with van der Waals surface area (Å²) in [4.78, 5) is 0. The van der Waals surface area contributed by atoms with Gasteiger partial charge in [0.2, 0.25) is 0 Å². The summed E-state index contributed by atoms with van der Waals surface area (Å²) in [6.07, 6.45) is 1.16. The molecule has 0 heterocycles. The molecule has 0 amide bonds. The topological polar surface area (TPSA) is 12.0 Å². The first kappa shape index (κ1) is 9.31. The molecule has 2 heteroatoms. The molecule has 0 fully saturated rings. The number of thiol groups is 1. The van der Waals surface area contributed by atoms with Crippen LogP contribution in [0.15, 0.2) is 0 Å². The van der Waals surface area contributed by atoms with E-state index in [1.54, 1.807) is 0 Å². The van der Waals surface area contributed by atoms with Gasteiger partial charge < -0.3 is 0 Å². The van der Waals surface area contributed by atoms with Crippen LogP contribution < -0.4 is 4.72 Å². The van der Waals surface area contributed by atoms with Gasteiger partial charge in [0.1, 0.15) is 0 Å². The van der Waals surface area contributed by atoms with Gasteiger partial charge in [0.25, 0.3) is 0 Å². The van der Waals surface area contributed by atoms with Crippen molar-refractivity contribution in [1.82, 2.24) is 4.72 Å². The minimum absolute atomic E-state index is 0.412. The van der Waals surface area contributed by atoms with Crippen molar-refractivity contribution in [3.8, 4) is 0 Å². The average molecular weight is 147 g/mol. The van der Waals surface area contributed by atoms with Crippen molar-refractivity contribution in [3.63, 3.8) is 0 Å². The van der Waals surface area contributed by atoms with Gasteiger partial charge in [-0.3, -0.25) is 4.72 Å². The summed E-state index contributed by atoms with van der Waals surface area (Å²) in [5, 5.41) is 0. The fourth-order valence-corrected chi connectivity index (χ4v) is 1.06. The van der Waals surface area contributed by atoms with Gasteiger partial charge in [-0.25, -0.2) is 0 Å². The van der Waals surface area contributed by atoms with Crippen LogP contribution in [0.5, 0.6) is 0 Å². The van der Waals surface area contributed by atoms with Gasteiger partial charge in [-0.2, -0.15) is 0 Å². The highest BCUT2D eigenvalue weighted by atomic mass is 32.1. The molecule has 9 heavy (non-hydrogen) atoms. The Morgan fingerprint density at radius 2 is 1.89 bits per heavy atom. The maximum absolute atomic E-state index is 3.98. The van der Waals surface area contributed by atoms with Crippen molar-refractivity contribution >= 4 is 12.8 Å². The van der Waals surface area contributed by atoms with Crippen LogP contribution in [0.25, 0.3) is 0 Å². The smallest absolute Gasteiger partial charge is 0.0146 e. The first-order valence-corrected chi connectivity index (χ1v) is 3.80. The molecule has 56 valence electrons. The van der Waals surface area contributed by atoms with Gasteiger partial charge in [-0.15, -0.1) is 0 Å². The van der Waals surface area contributed by atoms with Crippen LogP contribution >= 0.6 is 12.8 Å². The minimum Gasteiger partial charge on any atom is -0.264 e. The zero-order valence-corrected chi connectivity index (χ0v) is 7.63. The summed E-state index contributed by atoms with van der Waals surface area (Å²) in [6.45, 7) is 8.83. The average Bonchev–Trinajstić information content (AvgIpc) is 1.62. The molecule has 0 radical (unpaired) electrons. The zero-order chi connectivity index (χ0) is 7.49. The Morgan fingerprint density at radius 1 is 1.44 bits per heavy atom. The van der Waals surface area contributed by atoms with Crippen molar-refractivity contribution in [2.75, 3.05) is 0 Å². The standard InChI is InChI=1S/C7H17NS/c1-6(8-9)5-7(2,3)4/h6,8-9H,5H2,1-4H3. The van der Waals surface area contributed by atoms with Crippen LogP contribution in [0.2, 0.25) is 0 Å². The number of nitrogens with one attached hydrogen (secondary N) is 1. The molecule has 0 spiro atoms. The molecule has 0 aromatic carbocycles. The zero-order valence-electron chi connectivity index (χ0n) is 6.73. The van der Waals surface area contributed by atoms with E-state index < -0.39 is 0 Å². The second kappa shape index (κ2) is 3.47. The molecule has 0 saturated carbocycles. The van der Waals surface area contributed by atoms with Gasteiger partial charge in [0.05, 0.1) is 0 Å². The first-order chi connectivity index (χ1) is 3.95. The van der Waals surface area contributed by atoms with Gasteiger partial charge >= 0.3 is 0 Å². The highest BCUT2D eigenvalue weighted by Gasteiger charge is 2.13. The van der Waals surface area contributed by atoms with E-state index in [0.29, 0.717) is 11.5 Å². The molecule has 0 aliphatic carbocycles. The number of rotatable bonds is 2. The maximum Gasteiger partial charge on any atom is 0.0146 e. The fraction of sp³-hybridized carbons (Fsp3) is 1.00. The largest absolute Gasteiger partial charge is 0.264 e. The van der Waals surface area contributed by atoms with Gasteiger partial charge in [-0.1, -0.05) is 33.6 Å². The highest BCUT2D eigenvalue weighted by Crippen LogP contribution is 2.20. The normalized spacial score (nSPS) is 15.7. The quantitative estimate of drug-likeness (QED) is 0.571. The lowest BCUT2D eigenvalue weighted by Crippen LogP contribution is -2.23. The second-order valence-electron chi connectivity index (χ2n) is 3.79. The maximum atomic E-state index is 3.98. The highest BCUT2D eigenvalue weighted by molar-refractivity contribution is 7.78. The lowest BCUT2D eigenvalue weighted by atomic mass is 9.89. The van der Waals surface area contributed by atoms with E-state index in [1.165, 1.54) is 0 Å². The van der Waals surface area contributed by atoms with Crippen LogP contribution in [-0.2, 0) is 0 Å². The van der Waals surface area contributed by atoms with Gasteiger partial charge in [0, 0.05) is 6.04 Å². The number of hydrogen-bond acceptors (Lipinski definition) is 2. The Balaban J connectivity index is 3.47. The van der Waals surface area contributed by atoms with Crippen LogP contribution in [0, 0.1) is 5.41 Å². The third kappa shape index (κ3) is 6.19. The van der Waals surface area contributed by atoms with Gasteiger partial charge in [0.15, 0.2) is 0 Å². The number of hydrogen-bond donors (Lipinski definition) is 2. The van der Waals surface area contributed by atoms with Crippen molar-refractivity contribution in [1.29, 1.82) is 0 Å². The summed E-state index contributed by atoms with van der Waals surface area (Å²) < 4.78 is 2.92. The monoisotopic (exact) mass is 147 g/mol. The van der Waals surface area contributed by atoms with Crippen LogP contribution in [0.4, 0.5) is 0 Å². The molecule has 1 unspecified atom stereocenters. The molecule has 1 atom stereocenters. The van der Waals surface area contributed by atoms with E-state index >= 15 is 0 Å². The molecule has 0 saturated heterocycles. The van der Waals surface area contributed by atoms with Crippen molar-refractivity contribution in [2.45, 2.75) is 40.2 Å². The lowest BCUT2D eigenvalue weighted by molar-refractivity contribution is 0.342. The van der Waals surface area contributed by atoms with Crippen LogP contribution in [-0.4, -0.2) is 6.04 Å². The Hall–Kier alpha value is 0.310. The Bertz CT molecular complexity index is 75.5. The summed E-state index contributed by atoms with van der Waals surface area (Å²) in [7, 11) is 0. The fourth-order valence-electron chi connectivity index (χ4n) is 0.964. The van der Waals surface area contributed by atoms with E-state index in [2.05, 4.69) is 45.2 Å². The predicted octanol–water partition coefficient (Wildman–Crippen LogP) is 2.25. The molecule has 0 aromatic heterocycles. The Morgan fingerprint density at radius 3 is 2.00 bits per heavy atom. The first-order valence-electron chi connectivity index (χ1n) is 3.35. The van der Waals surface area contributed by atoms with E-state index in [9.17, 15) is 0 Å². The predicted molar refractivity (Wildman–Crippen MR) is 45.7 cm³/mol. The molecule has 0 aliphatic rings.